The lowest BCUT2D eigenvalue weighted by Crippen LogP contribution is -2.28. The lowest BCUT2D eigenvalue weighted by Gasteiger charge is -2.21. The normalized spacial score (nSPS) is 16.4. The number of fused-ring (bicyclic) bond motifs is 2. The maximum Gasteiger partial charge on any atom is 0.209 e. The van der Waals surface area contributed by atoms with E-state index >= 15 is 0 Å². The Morgan fingerprint density at radius 1 is 1.19 bits per heavy atom. The number of H-pyrrole nitrogens is 1. The van der Waals surface area contributed by atoms with Gasteiger partial charge in [0, 0.05) is 42.6 Å². The Hall–Kier alpha value is -3.23. The first-order valence-electron chi connectivity index (χ1n) is 13.2. The molecule has 4 heterocycles. The largest absolute Gasteiger partial charge is 0.355 e. The Morgan fingerprint density at radius 3 is 2.73 bits per heavy atom. The number of thiazole rings is 1. The number of aromatic nitrogens is 3. The third kappa shape index (κ3) is 6.02. The van der Waals surface area contributed by atoms with E-state index in [1.165, 1.54) is 38.0 Å². The van der Waals surface area contributed by atoms with Crippen molar-refractivity contribution in [3.63, 3.8) is 0 Å². The summed E-state index contributed by atoms with van der Waals surface area (Å²) in [7, 11) is 0. The van der Waals surface area contributed by atoms with Crippen LogP contribution >= 0.6 is 11.3 Å². The Morgan fingerprint density at radius 2 is 2.03 bits per heavy atom. The van der Waals surface area contributed by atoms with Gasteiger partial charge < -0.3 is 20.1 Å². The van der Waals surface area contributed by atoms with Gasteiger partial charge in [-0.2, -0.15) is 0 Å². The topological polar surface area (TPSA) is 77.2 Å². The molecule has 1 aliphatic carbocycles. The highest BCUT2D eigenvalue weighted by atomic mass is 32.1. The summed E-state index contributed by atoms with van der Waals surface area (Å²) in [6.07, 6.45) is 8.55. The van der Waals surface area contributed by atoms with Crippen LogP contribution in [0.1, 0.15) is 45.7 Å². The van der Waals surface area contributed by atoms with Crippen LogP contribution in [0.5, 0.6) is 0 Å². The van der Waals surface area contributed by atoms with Gasteiger partial charge >= 0.3 is 0 Å². The molecule has 1 aromatic carbocycles. The fourth-order valence-electron chi connectivity index (χ4n) is 4.78. The lowest BCUT2D eigenvalue weighted by molar-refractivity contribution is -0.117. The van der Waals surface area contributed by atoms with Crippen LogP contribution in [0.25, 0.3) is 26.8 Å². The standard InChI is InChI=1S/C20H17N5OS.C9H19N/c26-12-25-7-4-13(5-8-25)18-10-15-16(3-6-21-20(15)24-18)23-14-1-2-17-19(9-14)27-11-22-17;1-4-10(5-2)8-9(3)6-7-9/h1-4,6,9-12H,5,7-8H2,(H2,21,23,24);4-8H2,1-3H3. The Balaban J connectivity index is 0.000000237. The molecule has 0 spiro atoms. The van der Waals surface area contributed by atoms with E-state index in [-0.39, 0.29) is 0 Å². The van der Waals surface area contributed by atoms with E-state index in [4.69, 9.17) is 0 Å². The van der Waals surface area contributed by atoms with Gasteiger partial charge in [-0.05, 0) is 73.7 Å². The van der Waals surface area contributed by atoms with Gasteiger partial charge in [-0.25, -0.2) is 9.97 Å². The number of aromatic amines is 1. The van der Waals surface area contributed by atoms with Crippen LogP contribution in [0.3, 0.4) is 0 Å². The molecular weight excluding hydrogens is 480 g/mol. The molecular formula is C29H36N6OS. The van der Waals surface area contributed by atoms with Crippen molar-refractivity contribution in [1.82, 2.24) is 24.8 Å². The molecule has 0 unspecified atom stereocenters. The third-order valence-corrected chi connectivity index (χ3v) is 8.27. The Bertz CT molecular complexity index is 1400. The zero-order chi connectivity index (χ0) is 25.8. The van der Waals surface area contributed by atoms with E-state index in [2.05, 4.69) is 64.1 Å². The Labute approximate surface area is 222 Å². The highest BCUT2D eigenvalue weighted by Gasteiger charge is 2.37. The fourth-order valence-corrected chi connectivity index (χ4v) is 5.50. The number of benzene rings is 1. The average Bonchev–Trinajstić information content (AvgIpc) is 3.30. The van der Waals surface area contributed by atoms with E-state index in [1.807, 2.05) is 23.7 Å². The number of hydrogen-bond donors (Lipinski definition) is 2. The second-order valence-corrected chi connectivity index (χ2v) is 11.2. The van der Waals surface area contributed by atoms with Crippen LogP contribution in [0.4, 0.5) is 11.4 Å². The first kappa shape index (κ1) is 25.4. The van der Waals surface area contributed by atoms with E-state index in [9.17, 15) is 4.79 Å². The monoisotopic (exact) mass is 516 g/mol. The van der Waals surface area contributed by atoms with Crippen molar-refractivity contribution in [2.75, 3.05) is 38.0 Å². The fraction of sp³-hybridized carbons (Fsp3) is 0.414. The van der Waals surface area contributed by atoms with E-state index in [1.54, 1.807) is 22.4 Å². The van der Waals surface area contributed by atoms with Gasteiger partial charge in [0.2, 0.25) is 6.41 Å². The molecule has 37 heavy (non-hydrogen) atoms. The van der Waals surface area contributed by atoms with Gasteiger partial charge in [0.05, 0.1) is 21.4 Å². The van der Waals surface area contributed by atoms with Crippen LogP contribution in [-0.2, 0) is 4.79 Å². The van der Waals surface area contributed by atoms with Crippen molar-refractivity contribution >= 4 is 55.9 Å². The van der Waals surface area contributed by atoms with Crippen LogP contribution in [0.2, 0.25) is 0 Å². The van der Waals surface area contributed by atoms with Crippen molar-refractivity contribution in [2.45, 2.75) is 40.0 Å². The van der Waals surface area contributed by atoms with Gasteiger partial charge in [-0.15, -0.1) is 11.3 Å². The number of hydrogen-bond acceptors (Lipinski definition) is 6. The van der Waals surface area contributed by atoms with Crippen LogP contribution in [0.15, 0.2) is 48.1 Å². The number of nitrogens with one attached hydrogen (secondary N) is 2. The first-order chi connectivity index (χ1) is 18.0. The molecule has 0 atom stereocenters. The number of anilines is 2. The smallest absolute Gasteiger partial charge is 0.209 e. The first-order valence-corrected chi connectivity index (χ1v) is 14.1. The quantitative estimate of drug-likeness (QED) is 0.269. The summed E-state index contributed by atoms with van der Waals surface area (Å²) in [5.41, 5.74) is 8.76. The predicted octanol–water partition coefficient (Wildman–Crippen LogP) is 6.29. The number of nitrogens with zero attached hydrogens (tertiary/aromatic N) is 4. The summed E-state index contributed by atoms with van der Waals surface area (Å²) in [5, 5.41) is 4.56. The highest BCUT2D eigenvalue weighted by molar-refractivity contribution is 7.16. The zero-order valence-electron chi connectivity index (χ0n) is 22.0. The number of carbonyl (C=O) groups is 1. The third-order valence-electron chi connectivity index (χ3n) is 7.48. The number of pyridine rings is 1. The summed E-state index contributed by atoms with van der Waals surface area (Å²) in [6, 6.07) is 10.3. The van der Waals surface area contributed by atoms with Crippen molar-refractivity contribution in [3.05, 3.63) is 53.8 Å². The van der Waals surface area contributed by atoms with Gasteiger partial charge in [0.15, 0.2) is 0 Å². The maximum atomic E-state index is 10.9. The zero-order valence-corrected chi connectivity index (χ0v) is 22.8. The number of carbonyl (C=O) groups excluding carboxylic acids is 1. The number of amides is 1. The Kier molecular flexibility index (Phi) is 7.58. The van der Waals surface area contributed by atoms with Crippen molar-refractivity contribution in [1.29, 1.82) is 0 Å². The van der Waals surface area contributed by atoms with Gasteiger partial charge in [0.25, 0.3) is 0 Å². The minimum absolute atomic E-state index is 0.654. The molecule has 0 saturated heterocycles. The molecule has 4 aromatic rings. The molecule has 1 fully saturated rings. The number of rotatable bonds is 8. The SMILES string of the molecule is CCN(CC)CC1(C)CC1.O=CN1CC=C(c2cc3c(Nc4ccc5ncsc5c4)ccnc3[nH]2)CC1. The summed E-state index contributed by atoms with van der Waals surface area (Å²) < 4.78 is 1.16. The molecule has 2 N–H and O–H groups in total. The second-order valence-electron chi connectivity index (χ2n) is 10.3. The molecule has 8 heteroatoms. The van der Waals surface area contributed by atoms with Gasteiger partial charge in [-0.1, -0.05) is 26.8 Å². The molecule has 7 nitrogen and oxygen atoms in total. The summed E-state index contributed by atoms with van der Waals surface area (Å²) in [6.45, 7) is 12.0. The van der Waals surface area contributed by atoms with Crippen molar-refractivity contribution in [2.24, 2.45) is 5.41 Å². The predicted molar refractivity (Wildman–Crippen MR) is 154 cm³/mol. The summed E-state index contributed by atoms with van der Waals surface area (Å²) >= 11 is 1.63. The highest BCUT2D eigenvalue weighted by Crippen LogP contribution is 2.45. The van der Waals surface area contributed by atoms with Crippen LogP contribution < -0.4 is 5.32 Å². The molecule has 1 aliphatic heterocycles. The molecule has 2 aliphatic rings. The van der Waals surface area contributed by atoms with E-state index in [0.717, 1.165) is 57.7 Å². The molecule has 0 radical (unpaired) electrons. The molecule has 1 saturated carbocycles. The van der Waals surface area contributed by atoms with Crippen molar-refractivity contribution < 1.29 is 4.79 Å². The van der Waals surface area contributed by atoms with Crippen LogP contribution in [0, 0.1) is 5.41 Å². The summed E-state index contributed by atoms with van der Waals surface area (Å²) in [4.78, 5) is 27.4. The molecule has 0 bridgehead atoms. The second kappa shape index (κ2) is 11.0. The minimum Gasteiger partial charge on any atom is -0.355 e. The van der Waals surface area contributed by atoms with E-state index < -0.39 is 0 Å². The van der Waals surface area contributed by atoms with Gasteiger partial charge in [-0.3, -0.25) is 4.79 Å². The van der Waals surface area contributed by atoms with E-state index in [0.29, 0.717) is 12.0 Å². The lowest BCUT2D eigenvalue weighted by atomic mass is 10.1. The van der Waals surface area contributed by atoms with Crippen molar-refractivity contribution in [3.8, 4) is 0 Å². The average molecular weight is 517 g/mol. The van der Waals surface area contributed by atoms with Crippen LogP contribution in [-0.4, -0.2) is 63.9 Å². The molecule has 1 amide bonds. The molecule has 194 valence electrons. The molecule has 6 rings (SSSR count). The minimum atomic E-state index is 0.654. The maximum absolute atomic E-state index is 10.9. The summed E-state index contributed by atoms with van der Waals surface area (Å²) in [5.74, 6) is 0. The molecule has 3 aromatic heterocycles. The van der Waals surface area contributed by atoms with Gasteiger partial charge in [0.1, 0.15) is 5.65 Å².